The van der Waals surface area contributed by atoms with Crippen molar-refractivity contribution in [2.75, 3.05) is 35.4 Å². The zero-order chi connectivity index (χ0) is 16.5. The van der Waals surface area contributed by atoms with Gasteiger partial charge in [-0.15, -0.1) is 0 Å². The summed E-state index contributed by atoms with van der Waals surface area (Å²) in [6, 6.07) is 0. The Morgan fingerprint density at radius 3 is 0.950 bits per heavy atom. The summed E-state index contributed by atoms with van der Waals surface area (Å²) in [5.74, 6) is 0. The summed E-state index contributed by atoms with van der Waals surface area (Å²) in [5.41, 5.74) is 2.51. The Bertz CT molecular complexity index is 189. The molecule has 0 aliphatic heterocycles. The minimum absolute atomic E-state index is 0.836. The molecule has 0 aliphatic carbocycles. The Morgan fingerprint density at radius 1 is 0.700 bits per heavy atom. The summed E-state index contributed by atoms with van der Waals surface area (Å²) >= 11 is 0. The molecule has 0 bridgehead atoms. The topological polar surface area (TPSA) is 30.9 Å². The van der Waals surface area contributed by atoms with E-state index < -0.39 is 17.8 Å². The van der Waals surface area contributed by atoms with E-state index in [1.165, 1.54) is 0 Å². The number of rotatable bonds is 7. The zero-order valence-electron chi connectivity index (χ0n) is 15.5. The first-order valence-corrected chi connectivity index (χ1v) is 11.0. The van der Waals surface area contributed by atoms with E-state index in [0.29, 0.717) is 0 Å². The lowest BCUT2D eigenvalue weighted by molar-refractivity contribution is 0.163. The molecule has 0 aliphatic rings. The quantitative estimate of drug-likeness (QED) is 0.672. The van der Waals surface area contributed by atoms with Crippen LogP contribution >= 0.6 is 0 Å². The van der Waals surface area contributed by atoms with Gasteiger partial charge in [-0.3, -0.25) is 0 Å². The van der Waals surface area contributed by atoms with Crippen LogP contribution < -0.4 is 0 Å². The van der Waals surface area contributed by atoms with Crippen molar-refractivity contribution in [2.24, 2.45) is 0 Å². The molecule has 4 nitrogen and oxygen atoms in total. The van der Waals surface area contributed by atoms with Crippen molar-refractivity contribution >= 4 is 17.8 Å². The fraction of sp³-hybridized carbons (Fsp3) is 1.00. The zero-order valence-corrected chi connectivity index (χ0v) is 17.6. The summed E-state index contributed by atoms with van der Waals surface area (Å²) < 4.78 is 16.8. The van der Waals surface area contributed by atoms with Crippen LogP contribution in [0.4, 0.5) is 0 Å². The SMILES string of the molecule is CC(C)[Si](C(C)C)(C(C)C)N(C)C.CO[SiH](OC)OC. The molecule has 0 N–H and O–H groups in total. The smallest absolute Gasteiger partial charge is 0.379 e. The Hall–Kier alpha value is 0.274. The van der Waals surface area contributed by atoms with Crippen molar-refractivity contribution in [1.82, 2.24) is 4.57 Å². The number of hydrogen-bond acceptors (Lipinski definition) is 4. The van der Waals surface area contributed by atoms with Gasteiger partial charge in [-0.2, -0.15) is 0 Å². The molecule has 0 atom stereocenters. The highest BCUT2D eigenvalue weighted by Gasteiger charge is 2.44. The van der Waals surface area contributed by atoms with Crippen molar-refractivity contribution in [3.63, 3.8) is 0 Å². The Labute approximate surface area is 129 Å². The molecule has 0 aromatic rings. The molecule has 0 aromatic carbocycles. The van der Waals surface area contributed by atoms with E-state index in [1.54, 1.807) is 21.3 Å². The van der Waals surface area contributed by atoms with Crippen LogP contribution in [0.2, 0.25) is 16.6 Å². The van der Waals surface area contributed by atoms with Gasteiger partial charge in [0.25, 0.3) is 0 Å². The van der Waals surface area contributed by atoms with Gasteiger partial charge in [0.1, 0.15) is 8.24 Å². The summed E-state index contributed by atoms with van der Waals surface area (Å²) in [6.07, 6.45) is 0. The van der Waals surface area contributed by atoms with Gasteiger partial charge in [0, 0.05) is 21.3 Å². The van der Waals surface area contributed by atoms with E-state index in [9.17, 15) is 0 Å². The first-order valence-electron chi connectivity index (χ1n) is 7.38. The molecule has 0 aromatic heterocycles. The van der Waals surface area contributed by atoms with Gasteiger partial charge in [0.15, 0.2) is 0 Å². The lowest BCUT2D eigenvalue weighted by atomic mass is 10.5. The second-order valence-electron chi connectivity index (χ2n) is 6.24. The molecular formula is C14H37NO3Si2. The van der Waals surface area contributed by atoms with Crippen LogP contribution in [0.5, 0.6) is 0 Å². The molecule has 0 saturated heterocycles. The number of hydrogen-bond donors (Lipinski definition) is 0. The van der Waals surface area contributed by atoms with E-state index >= 15 is 0 Å². The van der Waals surface area contributed by atoms with Gasteiger partial charge in [-0.05, 0) is 30.7 Å². The molecule has 0 saturated carbocycles. The highest BCUT2D eigenvalue weighted by molar-refractivity contribution is 6.80. The maximum absolute atomic E-state index is 4.74. The van der Waals surface area contributed by atoms with Crippen molar-refractivity contribution in [3.8, 4) is 0 Å². The molecule has 0 rings (SSSR count). The van der Waals surface area contributed by atoms with Crippen molar-refractivity contribution in [3.05, 3.63) is 0 Å². The largest absolute Gasteiger partial charge is 0.483 e. The van der Waals surface area contributed by atoms with Crippen molar-refractivity contribution in [1.29, 1.82) is 0 Å². The lowest BCUT2D eigenvalue weighted by Gasteiger charge is -2.48. The minimum atomic E-state index is -1.67. The van der Waals surface area contributed by atoms with E-state index in [1.807, 2.05) is 0 Å². The van der Waals surface area contributed by atoms with Crippen LogP contribution in [0.15, 0.2) is 0 Å². The van der Waals surface area contributed by atoms with Crippen LogP contribution in [-0.2, 0) is 13.3 Å². The normalized spacial score (nSPS) is 12.6. The highest BCUT2D eigenvalue weighted by Crippen LogP contribution is 2.42. The predicted octanol–water partition coefficient (Wildman–Crippen LogP) is 3.37. The number of nitrogens with zero attached hydrogens (tertiary/aromatic N) is 1. The average molecular weight is 324 g/mol. The van der Waals surface area contributed by atoms with Gasteiger partial charge in [0.2, 0.25) is 0 Å². The van der Waals surface area contributed by atoms with E-state index in [-0.39, 0.29) is 0 Å². The summed E-state index contributed by atoms with van der Waals surface area (Å²) in [7, 11) is 6.32. The molecule has 20 heavy (non-hydrogen) atoms. The third kappa shape index (κ3) is 5.95. The van der Waals surface area contributed by atoms with Gasteiger partial charge in [-0.25, -0.2) is 0 Å². The summed E-state index contributed by atoms with van der Waals surface area (Å²) in [4.78, 5) is 0. The Morgan fingerprint density at radius 2 is 0.950 bits per heavy atom. The van der Waals surface area contributed by atoms with Gasteiger partial charge in [-0.1, -0.05) is 41.5 Å². The molecule has 6 heteroatoms. The first kappa shape index (κ1) is 22.6. The van der Waals surface area contributed by atoms with E-state index in [0.717, 1.165) is 16.6 Å². The molecule has 0 heterocycles. The molecule has 0 fully saturated rings. The van der Waals surface area contributed by atoms with Crippen LogP contribution in [0.25, 0.3) is 0 Å². The highest BCUT2D eigenvalue weighted by atomic mass is 28.3. The fourth-order valence-corrected chi connectivity index (χ4v) is 11.5. The average Bonchev–Trinajstić information content (AvgIpc) is 2.30. The molecule has 0 unspecified atom stereocenters. The molecule has 124 valence electrons. The first-order chi connectivity index (χ1) is 9.12. The van der Waals surface area contributed by atoms with Crippen LogP contribution in [0.3, 0.4) is 0 Å². The summed E-state index contributed by atoms with van der Waals surface area (Å²) in [5, 5.41) is 0. The standard InChI is InChI=1S/C11H27NSi.C3H10O3Si/c1-9(2)13(10(3)4,11(5)6)12(7)8;1-4-7(5-2)6-3/h9-11H,1-8H3;7H,1-3H3. The second-order valence-corrected chi connectivity index (χ2v) is 14.4. The third-order valence-electron chi connectivity index (χ3n) is 4.13. The molecular weight excluding hydrogens is 286 g/mol. The van der Waals surface area contributed by atoms with Crippen LogP contribution in [0, 0.1) is 0 Å². The minimum Gasteiger partial charge on any atom is -0.379 e. The monoisotopic (exact) mass is 323 g/mol. The fourth-order valence-electron chi connectivity index (χ4n) is 3.84. The Balaban J connectivity index is 0. The van der Waals surface area contributed by atoms with Gasteiger partial charge >= 0.3 is 9.53 Å². The molecule has 0 radical (unpaired) electrons. The lowest BCUT2D eigenvalue weighted by Crippen LogP contribution is -2.56. The maximum Gasteiger partial charge on any atom is 0.483 e. The summed E-state index contributed by atoms with van der Waals surface area (Å²) in [6.45, 7) is 14.4. The van der Waals surface area contributed by atoms with Gasteiger partial charge in [0.05, 0.1) is 0 Å². The third-order valence-corrected chi connectivity index (χ3v) is 12.4. The van der Waals surface area contributed by atoms with Crippen LogP contribution in [-0.4, -0.2) is 57.8 Å². The maximum atomic E-state index is 4.74. The second kappa shape index (κ2) is 10.9. The molecule has 0 spiro atoms. The predicted molar refractivity (Wildman–Crippen MR) is 92.9 cm³/mol. The van der Waals surface area contributed by atoms with Crippen LogP contribution in [0.1, 0.15) is 41.5 Å². The van der Waals surface area contributed by atoms with Gasteiger partial charge < -0.3 is 17.8 Å². The van der Waals surface area contributed by atoms with E-state index in [4.69, 9.17) is 13.3 Å². The Kier molecular flexibility index (Phi) is 12.3. The van der Waals surface area contributed by atoms with Crippen molar-refractivity contribution in [2.45, 2.75) is 58.2 Å². The molecule has 0 amide bonds. The van der Waals surface area contributed by atoms with Crippen molar-refractivity contribution < 1.29 is 13.3 Å². The van der Waals surface area contributed by atoms with E-state index in [2.05, 4.69) is 60.2 Å².